The topological polar surface area (TPSA) is 108 Å². The molecule has 1 atom stereocenters. The summed E-state index contributed by atoms with van der Waals surface area (Å²) < 4.78 is 9.20. The van der Waals surface area contributed by atoms with Crippen molar-refractivity contribution in [2.45, 2.75) is 83.2 Å². The maximum Gasteiger partial charge on any atom is 0.332 e. The van der Waals surface area contributed by atoms with E-state index in [4.69, 9.17) is 4.74 Å². The van der Waals surface area contributed by atoms with Gasteiger partial charge in [-0.05, 0) is 25.7 Å². The molecule has 0 aromatic carbocycles. The molecule has 3 rings (SSSR count). The number of imidazole rings is 1. The van der Waals surface area contributed by atoms with E-state index in [1.165, 1.54) is 16.2 Å². The average Bonchev–Trinajstić information content (AvgIpc) is 3.47. The molecule has 0 spiro atoms. The smallest absolute Gasteiger partial charge is 0.332 e. The SMILES string of the molecule is COC(=O)C1CCCN1C(=O)CCCCCCCCCCn1c(=O)c2c(ncn2C)n(C)c1=O. The normalized spacial score (nSPS) is 15.9. The molecule has 1 unspecified atom stereocenters. The van der Waals surface area contributed by atoms with Gasteiger partial charge in [-0.2, -0.15) is 0 Å². The van der Waals surface area contributed by atoms with Gasteiger partial charge in [-0.1, -0.05) is 38.5 Å². The molecule has 2 aromatic rings. The van der Waals surface area contributed by atoms with Crippen LogP contribution in [-0.4, -0.2) is 55.2 Å². The van der Waals surface area contributed by atoms with Crippen LogP contribution in [0.25, 0.3) is 11.2 Å². The van der Waals surface area contributed by atoms with Crippen LogP contribution in [-0.2, 0) is 35.0 Å². The van der Waals surface area contributed by atoms with Crippen molar-refractivity contribution >= 4 is 23.0 Å². The van der Waals surface area contributed by atoms with Crippen LogP contribution >= 0.6 is 0 Å². The molecule has 1 fully saturated rings. The Labute approximate surface area is 199 Å². The fourth-order valence-corrected chi connectivity index (χ4v) is 4.79. The number of ether oxygens (including phenoxy) is 1. The number of unbranched alkanes of at least 4 members (excludes halogenated alkanes) is 7. The van der Waals surface area contributed by atoms with Crippen molar-refractivity contribution in [3.05, 3.63) is 27.2 Å². The summed E-state index contributed by atoms with van der Waals surface area (Å²) in [4.78, 5) is 55.2. The van der Waals surface area contributed by atoms with Gasteiger partial charge in [0.1, 0.15) is 6.04 Å². The molecule has 1 aliphatic heterocycles. The molecule has 0 radical (unpaired) electrons. The minimum absolute atomic E-state index is 0.0543. The number of esters is 1. The number of nitrogens with zero attached hydrogens (tertiary/aromatic N) is 5. The number of carbonyl (C=O) groups excluding carboxylic acids is 2. The highest BCUT2D eigenvalue weighted by Gasteiger charge is 2.34. The van der Waals surface area contributed by atoms with Crippen LogP contribution in [0.5, 0.6) is 0 Å². The second-order valence-electron chi connectivity index (χ2n) is 9.17. The Balaban J connectivity index is 1.29. The molecular formula is C24H37N5O5. The van der Waals surface area contributed by atoms with Crippen molar-refractivity contribution in [3.8, 4) is 0 Å². The van der Waals surface area contributed by atoms with Crippen LogP contribution in [0.2, 0.25) is 0 Å². The van der Waals surface area contributed by atoms with Crippen molar-refractivity contribution < 1.29 is 14.3 Å². The maximum absolute atomic E-state index is 12.7. The average molecular weight is 476 g/mol. The molecule has 10 nitrogen and oxygen atoms in total. The van der Waals surface area contributed by atoms with E-state index >= 15 is 0 Å². The van der Waals surface area contributed by atoms with Crippen LogP contribution in [0, 0.1) is 0 Å². The van der Waals surface area contributed by atoms with Crippen molar-refractivity contribution in [2.24, 2.45) is 14.1 Å². The van der Waals surface area contributed by atoms with Crippen LogP contribution in [0.3, 0.4) is 0 Å². The number of aromatic nitrogens is 4. The largest absolute Gasteiger partial charge is 0.467 e. The molecule has 0 saturated carbocycles. The van der Waals surface area contributed by atoms with E-state index in [0.717, 1.165) is 57.8 Å². The molecule has 3 heterocycles. The Kier molecular flexibility index (Phi) is 9.06. The molecule has 1 saturated heterocycles. The van der Waals surface area contributed by atoms with E-state index in [-0.39, 0.29) is 23.1 Å². The Hall–Kier alpha value is -2.91. The predicted molar refractivity (Wildman–Crippen MR) is 129 cm³/mol. The van der Waals surface area contributed by atoms with Gasteiger partial charge in [0.25, 0.3) is 5.56 Å². The zero-order valence-electron chi connectivity index (χ0n) is 20.6. The van der Waals surface area contributed by atoms with E-state index in [9.17, 15) is 19.2 Å². The van der Waals surface area contributed by atoms with Crippen molar-refractivity contribution in [3.63, 3.8) is 0 Å². The molecule has 188 valence electrons. The highest BCUT2D eigenvalue weighted by molar-refractivity contribution is 5.85. The van der Waals surface area contributed by atoms with Gasteiger partial charge < -0.3 is 14.2 Å². The first kappa shape index (κ1) is 25.7. The lowest BCUT2D eigenvalue weighted by Gasteiger charge is -2.22. The van der Waals surface area contributed by atoms with E-state index in [0.29, 0.717) is 37.1 Å². The monoisotopic (exact) mass is 475 g/mol. The van der Waals surface area contributed by atoms with Crippen molar-refractivity contribution in [1.29, 1.82) is 0 Å². The summed E-state index contributed by atoms with van der Waals surface area (Å²) in [5.41, 5.74) is 0.266. The number of amides is 1. The summed E-state index contributed by atoms with van der Waals surface area (Å²) >= 11 is 0. The summed E-state index contributed by atoms with van der Waals surface area (Å²) in [7, 11) is 4.77. The zero-order chi connectivity index (χ0) is 24.7. The first-order valence-electron chi connectivity index (χ1n) is 12.3. The molecule has 34 heavy (non-hydrogen) atoms. The highest BCUT2D eigenvalue weighted by atomic mass is 16.5. The molecule has 0 aliphatic carbocycles. The lowest BCUT2D eigenvalue weighted by molar-refractivity contribution is -0.151. The first-order valence-corrected chi connectivity index (χ1v) is 12.3. The van der Waals surface area contributed by atoms with E-state index in [2.05, 4.69) is 4.98 Å². The fourth-order valence-electron chi connectivity index (χ4n) is 4.79. The fraction of sp³-hybridized carbons (Fsp3) is 0.708. The highest BCUT2D eigenvalue weighted by Crippen LogP contribution is 2.20. The van der Waals surface area contributed by atoms with E-state index in [1.807, 2.05) is 0 Å². The predicted octanol–water partition coefficient (Wildman–Crippen LogP) is 2.11. The van der Waals surface area contributed by atoms with Crippen LogP contribution in [0.1, 0.15) is 70.6 Å². The third kappa shape index (κ3) is 5.77. The minimum atomic E-state index is -0.403. The lowest BCUT2D eigenvalue weighted by Crippen LogP contribution is -2.40. The van der Waals surface area contributed by atoms with Crippen LogP contribution < -0.4 is 11.2 Å². The summed E-state index contributed by atoms with van der Waals surface area (Å²) in [5.74, 6) is -0.257. The maximum atomic E-state index is 12.7. The van der Waals surface area contributed by atoms with Crippen LogP contribution in [0.4, 0.5) is 0 Å². The van der Waals surface area contributed by atoms with Crippen LogP contribution in [0.15, 0.2) is 15.9 Å². The molecular weight excluding hydrogens is 438 g/mol. The van der Waals surface area contributed by atoms with Crippen molar-refractivity contribution in [1.82, 2.24) is 23.6 Å². The number of carbonyl (C=O) groups is 2. The lowest BCUT2D eigenvalue weighted by atomic mass is 10.1. The summed E-state index contributed by atoms with van der Waals surface area (Å²) in [6, 6.07) is -0.403. The molecule has 0 N–H and O–H groups in total. The Bertz CT molecular complexity index is 1120. The molecule has 1 aliphatic rings. The van der Waals surface area contributed by atoms with Gasteiger partial charge in [-0.25, -0.2) is 14.6 Å². The number of rotatable bonds is 12. The number of hydrogen-bond donors (Lipinski definition) is 0. The molecule has 0 bridgehead atoms. The second kappa shape index (κ2) is 12.0. The van der Waals surface area contributed by atoms with E-state index < -0.39 is 6.04 Å². The molecule has 2 aromatic heterocycles. The third-order valence-corrected chi connectivity index (χ3v) is 6.77. The Morgan fingerprint density at radius 2 is 1.68 bits per heavy atom. The standard InChI is InChI=1S/C24H37N5O5/c1-26-17-25-21-20(26)22(31)29(24(33)27(21)2)15-11-9-7-5-4-6-8-10-14-19(30)28-16-12-13-18(28)23(32)34-3/h17-18H,4-16H2,1-3H3. The summed E-state index contributed by atoms with van der Waals surface area (Å²) in [6.07, 6.45) is 11.5. The van der Waals surface area contributed by atoms with Gasteiger partial charge in [0.05, 0.1) is 13.4 Å². The second-order valence-corrected chi connectivity index (χ2v) is 9.17. The van der Waals surface area contributed by atoms with Crippen molar-refractivity contribution in [2.75, 3.05) is 13.7 Å². The van der Waals surface area contributed by atoms with Gasteiger partial charge in [-0.15, -0.1) is 0 Å². The number of methoxy groups -OCH3 is 1. The van der Waals surface area contributed by atoms with Gasteiger partial charge in [0.15, 0.2) is 11.2 Å². The third-order valence-electron chi connectivity index (χ3n) is 6.77. The molecule has 10 heteroatoms. The number of aryl methyl sites for hydroxylation is 2. The number of fused-ring (bicyclic) bond motifs is 1. The number of hydrogen-bond acceptors (Lipinski definition) is 6. The van der Waals surface area contributed by atoms with Gasteiger partial charge in [0.2, 0.25) is 5.91 Å². The first-order chi connectivity index (χ1) is 16.4. The number of likely N-dealkylation sites (tertiary alicyclic amines) is 1. The molecule has 1 amide bonds. The van der Waals surface area contributed by atoms with Gasteiger partial charge in [-0.3, -0.25) is 18.7 Å². The van der Waals surface area contributed by atoms with Gasteiger partial charge >= 0.3 is 11.7 Å². The Morgan fingerprint density at radius 1 is 1.03 bits per heavy atom. The zero-order valence-corrected chi connectivity index (χ0v) is 20.6. The van der Waals surface area contributed by atoms with Gasteiger partial charge in [0, 0.05) is 33.6 Å². The Morgan fingerprint density at radius 3 is 2.35 bits per heavy atom. The summed E-state index contributed by atoms with van der Waals surface area (Å²) in [6.45, 7) is 1.06. The summed E-state index contributed by atoms with van der Waals surface area (Å²) in [5, 5.41) is 0. The quantitative estimate of drug-likeness (QED) is 0.344. The minimum Gasteiger partial charge on any atom is -0.467 e. The van der Waals surface area contributed by atoms with E-state index in [1.54, 1.807) is 29.9 Å².